The highest BCUT2D eigenvalue weighted by Gasteiger charge is 2.27. The Morgan fingerprint density at radius 3 is 2.88 bits per heavy atom. The summed E-state index contributed by atoms with van der Waals surface area (Å²) in [5, 5.41) is 2.33. The lowest BCUT2D eigenvalue weighted by atomic mass is 9.81. The molecule has 1 aromatic heterocycles. The van der Waals surface area contributed by atoms with Crippen LogP contribution in [-0.4, -0.2) is 0 Å². The van der Waals surface area contributed by atoms with Crippen molar-refractivity contribution in [1.82, 2.24) is 0 Å². The molecule has 0 nitrogen and oxygen atoms in total. The Bertz CT molecular complexity index is 489. The summed E-state index contributed by atoms with van der Waals surface area (Å²) in [7, 11) is 0. The summed E-state index contributed by atoms with van der Waals surface area (Å²) in [5.41, 5.74) is 2.79. The van der Waals surface area contributed by atoms with Crippen molar-refractivity contribution >= 4 is 22.9 Å². The molecule has 0 spiro atoms. The first kappa shape index (κ1) is 11.3. The van der Waals surface area contributed by atoms with Crippen LogP contribution in [0.1, 0.15) is 27.8 Å². The third kappa shape index (κ3) is 2.27. The minimum absolute atomic E-state index is 0.182. The Morgan fingerprint density at radius 2 is 2.06 bits per heavy atom. The largest absolute Gasteiger partial charge is 0.149 e. The molecule has 1 aromatic carbocycles. The number of hydrogen-bond donors (Lipinski definition) is 0. The van der Waals surface area contributed by atoms with Crippen LogP contribution in [0.25, 0.3) is 0 Å². The predicted octanol–water partition coefficient (Wildman–Crippen LogP) is 4.83. The number of thiophene rings is 1. The van der Waals surface area contributed by atoms with Crippen molar-refractivity contribution in [3.05, 3.63) is 57.8 Å². The molecule has 0 saturated carbocycles. The van der Waals surface area contributed by atoms with Gasteiger partial charge in [0.15, 0.2) is 0 Å². The zero-order chi connectivity index (χ0) is 11.7. The lowest BCUT2D eigenvalue weighted by Crippen LogP contribution is -2.18. The molecule has 0 fully saturated rings. The molecule has 1 heterocycles. The standard InChI is InChI=1S/C15H15ClS/c16-15-12(10-13-5-3-9-17-13)8-7-11-4-1-2-6-14(11)15/h1-6,9,12,15H,7-8,10H2. The summed E-state index contributed by atoms with van der Waals surface area (Å²) in [5.74, 6) is 0.588. The Kier molecular flexibility index (Phi) is 3.21. The van der Waals surface area contributed by atoms with E-state index in [4.69, 9.17) is 11.6 Å². The summed E-state index contributed by atoms with van der Waals surface area (Å²) < 4.78 is 0. The average molecular weight is 263 g/mol. The highest BCUT2D eigenvalue weighted by Crippen LogP contribution is 2.40. The van der Waals surface area contributed by atoms with Gasteiger partial charge in [-0.3, -0.25) is 0 Å². The van der Waals surface area contributed by atoms with Crippen LogP contribution in [0.2, 0.25) is 0 Å². The van der Waals surface area contributed by atoms with E-state index in [9.17, 15) is 0 Å². The van der Waals surface area contributed by atoms with Crippen LogP contribution >= 0.6 is 22.9 Å². The minimum Gasteiger partial charge on any atom is -0.149 e. The topological polar surface area (TPSA) is 0 Å². The fraction of sp³-hybridized carbons (Fsp3) is 0.333. The van der Waals surface area contributed by atoms with Crippen molar-refractivity contribution in [1.29, 1.82) is 0 Å². The summed E-state index contributed by atoms with van der Waals surface area (Å²) in [6, 6.07) is 13.0. The van der Waals surface area contributed by atoms with Gasteiger partial charge >= 0.3 is 0 Å². The van der Waals surface area contributed by atoms with Crippen LogP contribution in [0.3, 0.4) is 0 Å². The minimum atomic E-state index is 0.182. The SMILES string of the molecule is ClC1c2ccccc2CCC1Cc1cccs1. The molecule has 1 aliphatic rings. The molecule has 88 valence electrons. The predicted molar refractivity (Wildman–Crippen MR) is 74.9 cm³/mol. The number of aryl methyl sites for hydroxylation is 1. The molecule has 0 radical (unpaired) electrons. The number of hydrogen-bond acceptors (Lipinski definition) is 1. The maximum absolute atomic E-state index is 6.63. The maximum atomic E-state index is 6.63. The van der Waals surface area contributed by atoms with Gasteiger partial charge in [0.05, 0.1) is 5.38 Å². The molecule has 2 aromatic rings. The van der Waals surface area contributed by atoms with Crippen LogP contribution in [-0.2, 0) is 12.8 Å². The Hall–Kier alpha value is -0.790. The number of alkyl halides is 1. The summed E-state index contributed by atoms with van der Waals surface area (Å²) >= 11 is 8.48. The van der Waals surface area contributed by atoms with Gasteiger partial charge in [-0.2, -0.15) is 0 Å². The monoisotopic (exact) mass is 262 g/mol. The molecule has 0 amide bonds. The highest BCUT2D eigenvalue weighted by atomic mass is 35.5. The summed E-state index contributed by atoms with van der Waals surface area (Å²) in [4.78, 5) is 1.46. The van der Waals surface area contributed by atoms with Crippen molar-refractivity contribution in [2.45, 2.75) is 24.6 Å². The van der Waals surface area contributed by atoms with Gasteiger partial charge in [-0.1, -0.05) is 30.3 Å². The molecular formula is C15H15ClS. The van der Waals surface area contributed by atoms with Gasteiger partial charge < -0.3 is 0 Å². The Morgan fingerprint density at radius 1 is 1.18 bits per heavy atom. The van der Waals surface area contributed by atoms with Crippen molar-refractivity contribution in [3.8, 4) is 0 Å². The van der Waals surface area contributed by atoms with E-state index in [0.29, 0.717) is 5.92 Å². The van der Waals surface area contributed by atoms with E-state index in [2.05, 4.69) is 41.8 Å². The second-order valence-electron chi connectivity index (χ2n) is 4.68. The molecule has 0 saturated heterocycles. The van der Waals surface area contributed by atoms with E-state index >= 15 is 0 Å². The normalized spacial score (nSPS) is 23.4. The second-order valence-corrected chi connectivity index (χ2v) is 6.19. The van der Waals surface area contributed by atoms with Crippen LogP contribution in [0.5, 0.6) is 0 Å². The number of fused-ring (bicyclic) bond motifs is 1. The molecule has 1 aliphatic carbocycles. The number of rotatable bonds is 2. The van der Waals surface area contributed by atoms with Gasteiger partial charge in [-0.05, 0) is 47.8 Å². The Labute approximate surface area is 111 Å². The lowest BCUT2D eigenvalue weighted by Gasteiger charge is -2.29. The smallest absolute Gasteiger partial charge is 0.0619 e. The molecule has 17 heavy (non-hydrogen) atoms. The van der Waals surface area contributed by atoms with Crippen molar-refractivity contribution < 1.29 is 0 Å². The molecule has 2 heteroatoms. The van der Waals surface area contributed by atoms with E-state index in [1.807, 2.05) is 11.3 Å². The highest BCUT2D eigenvalue weighted by molar-refractivity contribution is 7.09. The zero-order valence-electron chi connectivity index (χ0n) is 9.60. The van der Waals surface area contributed by atoms with Gasteiger partial charge in [0.25, 0.3) is 0 Å². The third-order valence-electron chi connectivity index (χ3n) is 3.59. The van der Waals surface area contributed by atoms with Gasteiger partial charge in [-0.15, -0.1) is 22.9 Å². The number of benzene rings is 1. The van der Waals surface area contributed by atoms with Gasteiger partial charge in [-0.25, -0.2) is 0 Å². The average Bonchev–Trinajstić information content (AvgIpc) is 2.86. The van der Waals surface area contributed by atoms with E-state index in [1.165, 1.54) is 28.8 Å². The van der Waals surface area contributed by atoms with Crippen molar-refractivity contribution in [2.75, 3.05) is 0 Å². The van der Waals surface area contributed by atoms with Crippen molar-refractivity contribution in [2.24, 2.45) is 5.92 Å². The van der Waals surface area contributed by atoms with E-state index in [-0.39, 0.29) is 5.38 Å². The lowest BCUT2D eigenvalue weighted by molar-refractivity contribution is 0.445. The summed E-state index contributed by atoms with van der Waals surface area (Å²) in [6.45, 7) is 0. The fourth-order valence-electron chi connectivity index (χ4n) is 2.66. The number of halogens is 1. The first-order valence-corrected chi connectivity index (χ1v) is 7.40. The van der Waals surface area contributed by atoms with Gasteiger partial charge in [0.2, 0.25) is 0 Å². The second kappa shape index (κ2) is 4.83. The van der Waals surface area contributed by atoms with E-state index < -0.39 is 0 Å². The van der Waals surface area contributed by atoms with Crippen LogP contribution in [0.4, 0.5) is 0 Å². The van der Waals surface area contributed by atoms with Crippen LogP contribution in [0, 0.1) is 5.92 Å². The fourth-order valence-corrected chi connectivity index (χ4v) is 3.89. The van der Waals surface area contributed by atoms with Gasteiger partial charge in [0, 0.05) is 4.88 Å². The third-order valence-corrected chi connectivity index (χ3v) is 5.08. The zero-order valence-corrected chi connectivity index (χ0v) is 11.2. The molecule has 0 N–H and O–H groups in total. The molecule has 0 bridgehead atoms. The molecule has 2 atom stereocenters. The van der Waals surface area contributed by atoms with E-state index in [1.54, 1.807) is 0 Å². The maximum Gasteiger partial charge on any atom is 0.0619 e. The summed E-state index contributed by atoms with van der Waals surface area (Å²) in [6.07, 6.45) is 3.51. The first-order valence-electron chi connectivity index (χ1n) is 6.09. The molecule has 0 aliphatic heterocycles. The van der Waals surface area contributed by atoms with Gasteiger partial charge in [0.1, 0.15) is 0 Å². The quantitative estimate of drug-likeness (QED) is 0.680. The van der Waals surface area contributed by atoms with Crippen molar-refractivity contribution in [3.63, 3.8) is 0 Å². The first-order chi connectivity index (χ1) is 8.34. The van der Waals surface area contributed by atoms with Crippen LogP contribution in [0.15, 0.2) is 41.8 Å². The molecule has 3 rings (SSSR count). The molecular weight excluding hydrogens is 248 g/mol. The molecule has 2 unspecified atom stereocenters. The van der Waals surface area contributed by atoms with Crippen LogP contribution < -0.4 is 0 Å². The Balaban J connectivity index is 1.82. The van der Waals surface area contributed by atoms with E-state index in [0.717, 1.165) is 6.42 Å².